The van der Waals surface area contributed by atoms with Gasteiger partial charge in [-0.05, 0) is 12.8 Å². The Hall–Kier alpha value is -0.460. The molecular weight excluding hydrogens is 228 g/mol. The van der Waals surface area contributed by atoms with Gasteiger partial charge in [-0.25, -0.2) is 13.8 Å². The number of carbonyl (C=O) groups excluding carboxylic acids is 1. The number of nitrogens with zero attached hydrogens (tertiary/aromatic N) is 1. The average molecular weight is 244 g/mol. The number of hydrogen-bond donors (Lipinski definition) is 2. The summed E-state index contributed by atoms with van der Waals surface area (Å²) < 4.78 is 23.6. The molecule has 0 aromatic rings. The number of piperidine rings is 1. The van der Waals surface area contributed by atoms with Crippen LogP contribution in [0.3, 0.4) is 0 Å². The normalized spacial score (nSPS) is 22.3. The molecule has 1 aliphatic heterocycles. The molecule has 1 fully saturated rings. The lowest BCUT2D eigenvalue weighted by atomic mass is 9.98. The van der Waals surface area contributed by atoms with Crippen LogP contribution in [-0.2, 0) is 4.79 Å². The molecule has 0 spiro atoms. The number of halogens is 3. The maximum absolute atomic E-state index is 11.8. The molecule has 0 aliphatic carbocycles. The number of alkyl halides is 2. The second kappa shape index (κ2) is 6.92. The first-order chi connectivity index (χ1) is 6.59. The molecule has 1 aliphatic rings. The predicted molar refractivity (Wildman–Crippen MR) is 54.7 cm³/mol. The zero-order valence-electron chi connectivity index (χ0n) is 8.29. The minimum atomic E-state index is -2.49. The van der Waals surface area contributed by atoms with Gasteiger partial charge >= 0.3 is 0 Å². The predicted octanol–water partition coefficient (Wildman–Crippen LogP) is 0.375. The van der Waals surface area contributed by atoms with Crippen molar-refractivity contribution in [3.63, 3.8) is 0 Å². The van der Waals surface area contributed by atoms with Gasteiger partial charge in [-0.3, -0.25) is 10.6 Å². The number of nitrogens with two attached hydrogens (primary N) is 1. The Kier molecular flexibility index (Phi) is 6.71. The van der Waals surface area contributed by atoms with E-state index in [1.165, 1.54) is 0 Å². The summed E-state index contributed by atoms with van der Waals surface area (Å²) in [4.78, 5) is 11.3. The summed E-state index contributed by atoms with van der Waals surface area (Å²) in [5.41, 5.74) is 0. The van der Waals surface area contributed by atoms with Crippen molar-refractivity contribution in [1.29, 1.82) is 0 Å². The van der Waals surface area contributed by atoms with Crippen molar-refractivity contribution in [3.8, 4) is 0 Å². The number of amides is 1. The topological polar surface area (TPSA) is 58.4 Å². The third-order valence-electron chi connectivity index (χ3n) is 2.25. The van der Waals surface area contributed by atoms with Crippen LogP contribution in [-0.4, -0.2) is 37.0 Å². The Balaban J connectivity index is 0.00000196. The molecule has 4 nitrogen and oxygen atoms in total. The standard InChI is InChI=1S/C8H15F2N3O.ClH/c9-7(10)4-12-8(14)6-2-1-3-13(11)5-6;/h6-7H,1-5,11H2,(H,12,14);1H/t6-;/m1./s1. The van der Waals surface area contributed by atoms with Crippen LogP contribution in [0.5, 0.6) is 0 Å². The molecule has 0 aromatic carbocycles. The summed E-state index contributed by atoms with van der Waals surface area (Å²) in [7, 11) is 0. The number of rotatable bonds is 3. The van der Waals surface area contributed by atoms with Gasteiger partial charge in [-0.15, -0.1) is 12.4 Å². The van der Waals surface area contributed by atoms with Crippen molar-refractivity contribution < 1.29 is 13.6 Å². The van der Waals surface area contributed by atoms with Gasteiger partial charge in [0.1, 0.15) is 0 Å². The Morgan fingerprint density at radius 3 is 2.80 bits per heavy atom. The van der Waals surface area contributed by atoms with Crippen molar-refractivity contribution in [2.75, 3.05) is 19.6 Å². The summed E-state index contributed by atoms with van der Waals surface area (Å²) in [6, 6.07) is 0. The lowest BCUT2D eigenvalue weighted by molar-refractivity contribution is -0.127. The molecule has 1 saturated heterocycles. The number of carbonyl (C=O) groups is 1. The molecule has 0 aromatic heterocycles. The maximum atomic E-state index is 11.8. The van der Waals surface area contributed by atoms with E-state index < -0.39 is 13.0 Å². The van der Waals surface area contributed by atoms with E-state index in [0.29, 0.717) is 6.54 Å². The highest BCUT2D eigenvalue weighted by Gasteiger charge is 2.24. The van der Waals surface area contributed by atoms with E-state index in [9.17, 15) is 13.6 Å². The molecule has 0 radical (unpaired) electrons. The zero-order chi connectivity index (χ0) is 10.6. The summed E-state index contributed by atoms with van der Waals surface area (Å²) in [6.07, 6.45) is -0.928. The summed E-state index contributed by atoms with van der Waals surface area (Å²) in [6.45, 7) is 0.646. The van der Waals surface area contributed by atoms with Gasteiger partial charge in [0.05, 0.1) is 12.5 Å². The molecule has 0 bridgehead atoms. The van der Waals surface area contributed by atoms with E-state index in [-0.39, 0.29) is 24.2 Å². The third-order valence-corrected chi connectivity index (χ3v) is 2.25. The van der Waals surface area contributed by atoms with E-state index in [0.717, 1.165) is 19.4 Å². The van der Waals surface area contributed by atoms with Gasteiger partial charge in [0.2, 0.25) is 5.91 Å². The van der Waals surface area contributed by atoms with E-state index in [1.807, 2.05) is 0 Å². The summed E-state index contributed by atoms with van der Waals surface area (Å²) in [5.74, 6) is 4.96. The smallest absolute Gasteiger partial charge is 0.255 e. The average Bonchev–Trinajstić information content (AvgIpc) is 2.14. The Morgan fingerprint density at radius 1 is 1.60 bits per heavy atom. The summed E-state index contributed by atoms with van der Waals surface area (Å²) in [5, 5.41) is 3.75. The molecule has 1 heterocycles. The molecule has 1 rings (SSSR count). The fraction of sp³-hybridized carbons (Fsp3) is 0.875. The third kappa shape index (κ3) is 5.25. The van der Waals surface area contributed by atoms with Crippen LogP contribution in [0.25, 0.3) is 0 Å². The van der Waals surface area contributed by atoms with Crippen molar-refractivity contribution in [1.82, 2.24) is 10.3 Å². The van der Waals surface area contributed by atoms with Gasteiger partial charge in [0, 0.05) is 13.1 Å². The molecule has 1 amide bonds. The highest BCUT2D eigenvalue weighted by molar-refractivity contribution is 5.85. The van der Waals surface area contributed by atoms with Crippen molar-refractivity contribution in [2.24, 2.45) is 11.8 Å². The molecular formula is C8H16ClF2N3O. The molecule has 90 valence electrons. The fourth-order valence-electron chi connectivity index (χ4n) is 1.54. The van der Waals surface area contributed by atoms with Crippen LogP contribution in [0, 0.1) is 5.92 Å². The van der Waals surface area contributed by atoms with E-state index in [1.54, 1.807) is 5.01 Å². The quantitative estimate of drug-likeness (QED) is 0.705. The molecule has 3 N–H and O–H groups in total. The van der Waals surface area contributed by atoms with Crippen LogP contribution in [0.4, 0.5) is 8.78 Å². The van der Waals surface area contributed by atoms with Crippen molar-refractivity contribution in [3.05, 3.63) is 0 Å². The van der Waals surface area contributed by atoms with Gasteiger partial charge < -0.3 is 5.32 Å². The largest absolute Gasteiger partial charge is 0.350 e. The van der Waals surface area contributed by atoms with Crippen LogP contribution < -0.4 is 11.2 Å². The molecule has 0 unspecified atom stereocenters. The monoisotopic (exact) mass is 243 g/mol. The minimum Gasteiger partial charge on any atom is -0.350 e. The van der Waals surface area contributed by atoms with Gasteiger partial charge in [0.15, 0.2) is 0 Å². The fourth-order valence-corrected chi connectivity index (χ4v) is 1.54. The lowest BCUT2D eigenvalue weighted by Gasteiger charge is -2.28. The van der Waals surface area contributed by atoms with E-state index in [4.69, 9.17) is 5.84 Å². The first kappa shape index (κ1) is 14.5. The van der Waals surface area contributed by atoms with Crippen molar-refractivity contribution in [2.45, 2.75) is 19.3 Å². The number of nitrogens with one attached hydrogen (secondary N) is 1. The van der Waals surface area contributed by atoms with Crippen LogP contribution >= 0.6 is 12.4 Å². The van der Waals surface area contributed by atoms with Gasteiger partial charge in [-0.2, -0.15) is 0 Å². The molecule has 7 heteroatoms. The second-order valence-corrected chi connectivity index (χ2v) is 3.47. The second-order valence-electron chi connectivity index (χ2n) is 3.47. The number of hydrazine groups is 1. The maximum Gasteiger partial charge on any atom is 0.255 e. The molecule has 0 saturated carbocycles. The van der Waals surface area contributed by atoms with Crippen molar-refractivity contribution >= 4 is 18.3 Å². The summed E-state index contributed by atoms with van der Waals surface area (Å²) >= 11 is 0. The number of hydrogen-bond acceptors (Lipinski definition) is 3. The highest BCUT2D eigenvalue weighted by Crippen LogP contribution is 2.13. The lowest BCUT2D eigenvalue weighted by Crippen LogP contribution is -2.46. The zero-order valence-corrected chi connectivity index (χ0v) is 9.10. The first-order valence-corrected chi connectivity index (χ1v) is 4.65. The van der Waals surface area contributed by atoms with E-state index in [2.05, 4.69) is 5.32 Å². The molecule has 15 heavy (non-hydrogen) atoms. The Labute approximate surface area is 93.6 Å². The Morgan fingerprint density at radius 2 is 2.27 bits per heavy atom. The first-order valence-electron chi connectivity index (χ1n) is 4.65. The van der Waals surface area contributed by atoms with Crippen LogP contribution in [0.2, 0.25) is 0 Å². The van der Waals surface area contributed by atoms with Crippen LogP contribution in [0.15, 0.2) is 0 Å². The van der Waals surface area contributed by atoms with Gasteiger partial charge in [-0.1, -0.05) is 0 Å². The Bertz CT molecular complexity index is 206. The van der Waals surface area contributed by atoms with E-state index >= 15 is 0 Å². The van der Waals surface area contributed by atoms with Crippen LogP contribution in [0.1, 0.15) is 12.8 Å². The highest BCUT2D eigenvalue weighted by atomic mass is 35.5. The SMILES string of the molecule is Cl.NN1CCC[C@@H](C(=O)NCC(F)F)C1. The van der Waals surface area contributed by atoms with Gasteiger partial charge in [0.25, 0.3) is 6.43 Å². The molecule has 1 atom stereocenters. The minimum absolute atomic E-state index is 0.